The molecule has 0 aliphatic carbocycles. The van der Waals surface area contributed by atoms with Gasteiger partial charge in [0.1, 0.15) is 17.3 Å². The molecule has 1 fully saturated rings. The molecule has 0 bridgehead atoms. The van der Waals surface area contributed by atoms with Crippen molar-refractivity contribution in [2.24, 2.45) is 0 Å². The molecular weight excluding hydrogens is 440 g/mol. The van der Waals surface area contributed by atoms with Crippen LogP contribution in [0.5, 0.6) is 11.5 Å². The number of anilines is 1. The second kappa shape index (κ2) is 9.07. The second-order valence-electron chi connectivity index (χ2n) is 7.44. The number of aliphatic hydroxyl groups excluding tert-OH is 1. The smallest absolute Gasteiger partial charge is 0.300 e. The lowest BCUT2D eigenvalue weighted by molar-refractivity contribution is -0.384. The quantitative estimate of drug-likeness (QED) is 0.192. The standard InChI is InChI=1S/C25H20N2O7/c1-33-19-11-5-16(6-12-19)23(28)21-22(15-3-7-18(8-4-15)27(31)32)26(25(30)24(21)29)17-9-13-20(34-2)14-10-17/h3-14,22,28H,1-2H3/b23-21-/t22-/m0/s1. The van der Waals surface area contributed by atoms with E-state index in [0.717, 1.165) is 0 Å². The number of carbonyl (C=O) groups excluding carboxylic acids is 2. The summed E-state index contributed by atoms with van der Waals surface area (Å²) >= 11 is 0. The maximum absolute atomic E-state index is 13.1. The maximum Gasteiger partial charge on any atom is 0.300 e. The van der Waals surface area contributed by atoms with Gasteiger partial charge in [-0.05, 0) is 66.2 Å². The van der Waals surface area contributed by atoms with Crippen LogP contribution in [0.15, 0.2) is 78.4 Å². The Morgan fingerprint density at radius 1 is 0.882 bits per heavy atom. The number of rotatable bonds is 6. The SMILES string of the molecule is COc1ccc(/C(O)=C2/C(=O)C(=O)N(c3ccc(OC)cc3)[C@H]2c2ccc([N+](=O)[O-])cc2)cc1. The number of ether oxygens (including phenoxy) is 2. The zero-order valence-electron chi connectivity index (χ0n) is 18.3. The van der Waals surface area contributed by atoms with Gasteiger partial charge in [-0.1, -0.05) is 0 Å². The molecule has 1 amide bonds. The number of hydrogen-bond donors (Lipinski definition) is 1. The molecule has 0 aromatic heterocycles. The van der Waals surface area contributed by atoms with Gasteiger partial charge in [0.05, 0.1) is 30.8 Å². The topological polar surface area (TPSA) is 119 Å². The number of nitrogens with zero attached hydrogens (tertiary/aromatic N) is 2. The molecule has 1 atom stereocenters. The number of nitro benzene ring substituents is 1. The first kappa shape index (κ1) is 22.5. The van der Waals surface area contributed by atoms with Gasteiger partial charge >= 0.3 is 0 Å². The zero-order chi connectivity index (χ0) is 24.4. The van der Waals surface area contributed by atoms with Gasteiger partial charge < -0.3 is 14.6 Å². The van der Waals surface area contributed by atoms with Crippen LogP contribution in [0.3, 0.4) is 0 Å². The molecule has 0 saturated carbocycles. The van der Waals surface area contributed by atoms with Crippen LogP contribution in [-0.2, 0) is 9.59 Å². The maximum atomic E-state index is 13.1. The monoisotopic (exact) mass is 460 g/mol. The number of amides is 1. The number of non-ortho nitro benzene ring substituents is 1. The normalized spacial score (nSPS) is 17.0. The average Bonchev–Trinajstić information content (AvgIpc) is 3.14. The Hall–Kier alpha value is -4.66. The molecule has 1 aliphatic heterocycles. The highest BCUT2D eigenvalue weighted by molar-refractivity contribution is 6.51. The predicted octanol–water partition coefficient (Wildman–Crippen LogP) is 4.24. The molecular formula is C25H20N2O7. The van der Waals surface area contributed by atoms with Crippen molar-refractivity contribution < 1.29 is 29.1 Å². The van der Waals surface area contributed by atoms with Crippen LogP contribution in [0.25, 0.3) is 5.76 Å². The van der Waals surface area contributed by atoms with Gasteiger partial charge in [-0.3, -0.25) is 24.6 Å². The number of nitro groups is 1. The summed E-state index contributed by atoms with van der Waals surface area (Å²) in [7, 11) is 3.01. The highest BCUT2D eigenvalue weighted by Gasteiger charge is 2.47. The van der Waals surface area contributed by atoms with Crippen molar-refractivity contribution in [1.29, 1.82) is 0 Å². The second-order valence-corrected chi connectivity index (χ2v) is 7.44. The third kappa shape index (κ3) is 3.95. The first-order valence-corrected chi connectivity index (χ1v) is 10.2. The van der Waals surface area contributed by atoms with Crippen molar-refractivity contribution in [2.75, 3.05) is 19.1 Å². The molecule has 0 spiro atoms. The van der Waals surface area contributed by atoms with E-state index in [0.29, 0.717) is 28.3 Å². The molecule has 1 N–H and O–H groups in total. The van der Waals surface area contributed by atoms with E-state index in [2.05, 4.69) is 0 Å². The van der Waals surface area contributed by atoms with Crippen LogP contribution in [0, 0.1) is 10.1 Å². The van der Waals surface area contributed by atoms with E-state index in [1.54, 1.807) is 48.5 Å². The molecule has 3 aromatic rings. The van der Waals surface area contributed by atoms with Crippen molar-refractivity contribution in [1.82, 2.24) is 0 Å². The molecule has 1 heterocycles. The molecule has 0 radical (unpaired) electrons. The minimum absolute atomic E-state index is 0.125. The number of Topliss-reactive ketones (excluding diaryl/α,β-unsaturated/α-hetero) is 1. The van der Waals surface area contributed by atoms with E-state index in [1.165, 1.54) is 43.4 Å². The predicted molar refractivity (Wildman–Crippen MR) is 124 cm³/mol. The van der Waals surface area contributed by atoms with Crippen LogP contribution in [-0.4, -0.2) is 35.9 Å². The van der Waals surface area contributed by atoms with E-state index in [9.17, 15) is 24.8 Å². The van der Waals surface area contributed by atoms with Gasteiger partial charge in [-0.2, -0.15) is 0 Å². The lowest BCUT2D eigenvalue weighted by atomic mass is 9.95. The summed E-state index contributed by atoms with van der Waals surface area (Å²) in [6.45, 7) is 0. The minimum Gasteiger partial charge on any atom is -0.507 e. The summed E-state index contributed by atoms with van der Waals surface area (Å²) in [4.78, 5) is 38.1. The summed E-state index contributed by atoms with van der Waals surface area (Å²) in [6.07, 6.45) is 0. The molecule has 9 heteroatoms. The van der Waals surface area contributed by atoms with E-state index >= 15 is 0 Å². The van der Waals surface area contributed by atoms with Crippen LogP contribution in [0.2, 0.25) is 0 Å². The molecule has 9 nitrogen and oxygen atoms in total. The van der Waals surface area contributed by atoms with E-state index in [-0.39, 0.29) is 17.0 Å². The number of carbonyl (C=O) groups is 2. The molecule has 1 aliphatic rings. The zero-order valence-corrected chi connectivity index (χ0v) is 18.3. The Kier molecular flexibility index (Phi) is 6.01. The molecule has 0 unspecified atom stereocenters. The van der Waals surface area contributed by atoms with Gasteiger partial charge in [0.15, 0.2) is 0 Å². The fourth-order valence-electron chi connectivity index (χ4n) is 3.84. The molecule has 1 saturated heterocycles. The highest BCUT2D eigenvalue weighted by atomic mass is 16.6. The Morgan fingerprint density at radius 3 is 1.91 bits per heavy atom. The summed E-state index contributed by atoms with van der Waals surface area (Å²) in [5.74, 6) is -0.941. The number of aliphatic hydroxyl groups is 1. The van der Waals surface area contributed by atoms with E-state index < -0.39 is 22.7 Å². The van der Waals surface area contributed by atoms with Crippen LogP contribution >= 0.6 is 0 Å². The van der Waals surface area contributed by atoms with Crippen molar-refractivity contribution in [3.05, 3.63) is 99.6 Å². The van der Waals surface area contributed by atoms with Crippen LogP contribution in [0.1, 0.15) is 17.2 Å². The Morgan fingerprint density at radius 2 is 1.41 bits per heavy atom. The first-order chi connectivity index (χ1) is 16.3. The Balaban J connectivity index is 1.89. The van der Waals surface area contributed by atoms with Crippen molar-refractivity contribution in [3.63, 3.8) is 0 Å². The largest absolute Gasteiger partial charge is 0.507 e. The average molecular weight is 460 g/mol. The van der Waals surface area contributed by atoms with Gasteiger partial charge in [-0.25, -0.2) is 0 Å². The Bertz CT molecular complexity index is 1280. The fourth-order valence-corrected chi connectivity index (χ4v) is 3.84. The number of methoxy groups -OCH3 is 2. The lowest BCUT2D eigenvalue weighted by Gasteiger charge is -2.25. The first-order valence-electron chi connectivity index (χ1n) is 10.2. The van der Waals surface area contributed by atoms with Crippen molar-refractivity contribution in [3.8, 4) is 11.5 Å². The van der Waals surface area contributed by atoms with Gasteiger partial charge in [0.2, 0.25) is 0 Å². The molecule has 4 rings (SSSR count). The van der Waals surface area contributed by atoms with Crippen molar-refractivity contribution in [2.45, 2.75) is 6.04 Å². The summed E-state index contributed by atoms with van der Waals surface area (Å²) in [6, 6.07) is 17.4. The molecule has 172 valence electrons. The number of benzene rings is 3. The van der Waals surface area contributed by atoms with Crippen LogP contribution in [0.4, 0.5) is 11.4 Å². The molecule has 34 heavy (non-hydrogen) atoms. The Labute approximate surface area is 194 Å². The van der Waals surface area contributed by atoms with Gasteiger partial charge in [0, 0.05) is 23.4 Å². The van der Waals surface area contributed by atoms with Gasteiger partial charge in [-0.15, -0.1) is 0 Å². The van der Waals surface area contributed by atoms with Crippen LogP contribution < -0.4 is 14.4 Å². The highest BCUT2D eigenvalue weighted by Crippen LogP contribution is 2.42. The van der Waals surface area contributed by atoms with Crippen molar-refractivity contribution >= 4 is 28.8 Å². The molecule has 3 aromatic carbocycles. The van der Waals surface area contributed by atoms with E-state index in [4.69, 9.17) is 9.47 Å². The summed E-state index contributed by atoms with van der Waals surface area (Å²) in [5, 5.41) is 22.2. The minimum atomic E-state index is -1.00. The third-order valence-electron chi connectivity index (χ3n) is 5.58. The number of hydrogen-bond acceptors (Lipinski definition) is 7. The summed E-state index contributed by atoms with van der Waals surface area (Å²) in [5.41, 5.74) is 0.885. The lowest BCUT2D eigenvalue weighted by Crippen LogP contribution is -2.29. The number of ketones is 1. The van der Waals surface area contributed by atoms with Gasteiger partial charge in [0.25, 0.3) is 17.4 Å². The fraction of sp³-hybridized carbons (Fsp3) is 0.120. The third-order valence-corrected chi connectivity index (χ3v) is 5.58. The van der Waals surface area contributed by atoms with E-state index in [1.807, 2.05) is 0 Å². The summed E-state index contributed by atoms with van der Waals surface area (Å²) < 4.78 is 10.3.